The van der Waals surface area contributed by atoms with E-state index in [1.807, 2.05) is 51.8 Å². The lowest BCUT2D eigenvalue weighted by molar-refractivity contribution is -2.00. The molecule has 190 valence electrons. The number of amides is 1. The molecule has 1 aliphatic rings. The van der Waals surface area contributed by atoms with Crippen LogP contribution in [0.25, 0.3) is 6.08 Å². The maximum Gasteiger partial charge on any atom is 0.359 e. The number of amidine groups is 1. The van der Waals surface area contributed by atoms with Gasteiger partial charge in [-0.05, 0) is 28.8 Å². The van der Waals surface area contributed by atoms with Crippen LogP contribution in [0.15, 0.2) is 34.2 Å². The van der Waals surface area contributed by atoms with Gasteiger partial charge in [-0.3, -0.25) is 9.37 Å². The summed E-state index contributed by atoms with van der Waals surface area (Å²) in [4.78, 5) is 27.1. The molecule has 1 aliphatic heterocycles. The summed E-state index contributed by atoms with van der Waals surface area (Å²) >= 11 is 3.13. The first-order chi connectivity index (χ1) is 16.2. The number of halogens is 1. The van der Waals surface area contributed by atoms with Gasteiger partial charge in [0.15, 0.2) is 10.9 Å². The van der Waals surface area contributed by atoms with Crippen molar-refractivity contribution in [3.8, 4) is 0 Å². The fourth-order valence-corrected chi connectivity index (χ4v) is 4.67. The molecule has 0 saturated heterocycles. The minimum absolute atomic E-state index is 0.153. The van der Waals surface area contributed by atoms with E-state index >= 15 is 0 Å². The van der Waals surface area contributed by atoms with Crippen molar-refractivity contribution in [2.45, 2.75) is 6.92 Å². The Morgan fingerprint density at radius 2 is 1.63 bits per heavy atom. The molecule has 35 heavy (non-hydrogen) atoms. The number of aromatic nitrogens is 1. The molecule has 1 aromatic heterocycles. The molecule has 3 rings (SSSR count). The fourth-order valence-electron chi connectivity index (χ4n) is 2.70. The number of anilines is 3. The molecule has 2 heterocycles. The van der Waals surface area contributed by atoms with Crippen LogP contribution < -0.4 is 33.8 Å². The van der Waals surface area contributed by atoms with E-state index in [9.17, 15) is 4.79 Å². The SMILES string of the molecule is CC(=O)Nc1nc(N(C)C)sc1C1=NC(=[N+](C)C)S/C1=C\c1ccc(N(C)C)cc1.[O-][Cl+3]([O-])([O-])[O-]. The van der Waals surface area contributed by atoms with Crippen LogP contribution in [0.5, 0.6) is 0 Å². The second kappa shape index (κ2) is 11.9. The van der Waals surface area contributed by atoms with Crippen molar-refractivity contribution < 1.29 is 38.2 Å². The normalized spacial score (nSPS) is 14.3. The molecule has 0 aliphatic carbocycles. The van der Waals surface area contributed by atoms with E-state index < -0.39 is 10.2 Å². The van der Waals surface area contributed by atoms with Crippen molar-refractivity contribution >= 4 is 62.6 Å². The number of thioether (sulfide) groups is 1. The van der Waals surface area contributed by atoms with Crippen LogP contribution in [0.1, 0.15) is 17.4 Å². The second-order valence-electron chi connectivity index (χ2n) is 7.86. The monoisotopic (exact) mass is 542 g/mol. The molecule has 0 atom stereocenters. The highest BCUT2D eigenvalue weighted by Crippen LogP contribution is 2.39. The number of aliphatic imine (C=N–C) groups is 1. The molecule has 1 aromatic carbocycles. The summed E-state index contributed by atoms with van der Waals surface area (Å²) in [5, 5.41) is 4.57. The number of allylic oxidation sites excluding steroid dienone is 1. The summed E-state index contributed by atoms with van der Waals surface area (Å²) in [7, 11) is 6.94. The highest BCUT2D eigenvalue weighted by atomic mass is 35.7. The van der Waals surface area contributed by atoms with Gasteiger partial charge in [0.2, 0.25) is 11.6 Å². The van der Waals surface area contributed by atoms with Crippen molar-refractivity contribution in [2.75, 3.05) is 57.4 Å². The predicted octanol–water partition coefficient (Wildman–Crippen LogP) is -1.32. The second-order valence-corrected chi connectivity index (χ2v) is 10.6. The summed E-state index contributed by atoms with van der Waals surface area (Å²) in [5.41, 5.74) is 3.07. The van der Waals surface area contributed by atoms with Gasteiger partial charge in [0.25, 0.3) is 0 Å². The van der Waals surface area contributed by atoms with Crippen LogP contribution in [-0.4, -0.2) is 68.6 Å². The third kappa shape index (κ3) is 8.89. The Hall–Kier alpha value is -2.52. The zero-order valence-electron chi connectivity index (χ0n) is 20.4. The number of carbonyl (C=O) groups is 1. The predicted molar refractivity (Wildman–Crippen MR) is 131 cm³/mol. The van der Waals surface area contributed by atoms with Gasteiger partial charge in [0, 0.05) is 52.6 Å². The Labute approximate surface area is 214 Å². The number of nitrogens with zero attached hydrogens (tertiary/aromatic N) is 5. The van der Waals surface area contributed by atoms with Gasteiger partial charge < -0.3 is 15.1 Å². The van der Waals surface area contributed by atoms with E-state index in [1.165, 1.54) is 18.3 Å². The molecule has 0 unspecified atom stereocenters. The average molecular weight is 543 g/mol. The number of thiazole rings is 1. The lowest BCUT2D eigenvalue weighted by atomic mass is 10.1. The quantitative estimate of drug-likeness (QED) is 0.453. The highest BCUT2D eigenvalue weighted by molar-refractivity contribution is 8.18. The summed E-state index contributed by atoms with van der Waals surface area (Å²) in [6.07, 6.45) is 2.13. The lowest BCUT2D eigenvalue weighted by Gasteiger charge is -2.17. The number of carbonyl (C=O) groups excluding carboxylic acids is 1. The van der Waals surface area contributed by atoms with Gasteiger partial charge in [-0.1, -0.05) is 23.5 Å². The minimum Gasteiger partial charge on any atom is -0.378 e. The third-order valence-electron chi connectivity index (χ3n) is 4.24. The van der Waals surface area contributed by atoms with E-state index in [1.54, 1.807) is 11.8 Å². The van der Waals surface area contributed by atoms with E-state index in [-0.39, 0.29) is 5.91 Å². The average Bonchev–Trinajstić information content (AvgIpc) is 3.31. The molecular weight excluding hydrogens is 516 g/mol. The number of rotatable bonds is 5. The summed E-state index contributed by atoms with van der Waals surface area (Å²) in [6, 6.07) is 8.39. The molecule has 11 nitrogen and oxygen atoms in total. The molecule has 0 spiro atoms. The molecule has 1 amide bonds. The van der Waals surface area contributed by atoms with E-state index in [0.29, 0.717) is 5.82 Å². The van der Waals surface area contributed by atoms with Crippen molar-refractivity contribution in [1.29, 1.82) is 0 Å². The third-order valence-corrected chi connectivity index (χ3v) is 6.64. The van der Waals surface area contributed by atoms with E-state index in [0.717, 1.165) is 37.0 Å². The van der Waals surface area contributed by atoms with Gasteiger partial charge >= 0.3 is 5.17 Å². The van der Waals surface area contributed by atoms with Crippen molar-refractivity contribution in [1.82, 2.24) is 4.98 Å². The molecular formula is C21H27ClN6O5S2. The Bertz CT molecular complexity index is 1140. The molecule has 2 aromatic rings. The van der Waals surface area contributed by atoms with Crippen molar-refractivity contribution in [3.05, 3.63) is 39.6 Å². The Kier molecular flexibility index (Phi) is 9.80. The summed E-state index contributed by atoms with van der Waals surface area (Å²) < 4.78 is 36.0. The topological polar surface area (TPSA) is 156 Å². The van der Waals surface area contributed by atoms with Gasteiger partial charge in [-0.25, -0.2) is 23.6 Å². The molecule has 0 radical (unpaired) electrons. The van der Waals surface area contributed by atoms with Crippen LogP contribution in [-0.2, 0) is 4.79 Å². The van der Waals surface area contributed by atoms with Crippen LogP contribution in [0.4, 0.5) is 16.6 Å². The summed E-state index contributed by atoms with van der Waals surface area (Å²) in [5.74, 6) is 0.393. The maximum absolute atomic E-state index is 11.8. The lowest BCUT2D eigenvalue weighted by Crippen LogP contribution is -2.68. The fraction of sp³-hybridized carbons (Fsp3) is 0.333. The highest BCUT2D eigenvalue weighted by Gasteiger charge is 2.34. The first-order valence-electron chi connectivity index (χ1n) is 10.0. The first kappa shape index (κ1) is 28.7. The number of benzene rings is 1. The molecule has 14 heteroatoms. The maximum atomic E-state index is 11.8. The Morgan fingerprint density at radius 1 is 1.06 bits per heavy atom. The smallest absolute Gasteiger partial charge is 0.359 e. The molecule has 0 fully saturated rings. The van der Waals surface area contributed by atoms with Crippen molar-refractivity contribution in [2.24, 2.45) is 4.99 Å². The zero-order valence-corrected chi connectivity index (χ0v) is 22.7. The van der Waals surface area contributed by atoms with Gasteiger partial charge in [-0.2, -0.15) is 0 Å². The van der Waals surface area contributed by atoms with Crippen molar-refractivity contribution in [3.63, 3.8) is 0 Å². The standard InChI is InChI=1S/C21H26N6OS2.ClHO4/c1-13(28)22-19-18(30-21(24-19)27(6)7)17-16(29-20(23-17)26(4)5)12-14-8-10-15(11-9-14)25(2)3;2-1(3,4)5/h8-12H,1-7H3;(H,2,3,4,5)/b16-12-;. The van der Waals surface area contributed by atoms with Crippen LogP contribution in [0, 0.1) is 10.2 Å². The summed E-state index contributed by atoms with van der Waals surface area (Å²) in [6.45, 7) is 1.49. The van der Waals surface area contributed by atoms with Gasteiger partial charge in [-0.15, -0.1) is 10.2 Å². The van der Waals surface area contributed by atoms with Crippen LogP contribution >= 0.6 is 23.1 Å². The van der Waals surface area contributed by atoms with E-state index in [2.05, 4.69) is 45.5 Å². The molecule has 0 bridgehead atoms. The van der Waals surface area contributed by atoms with Crippen LogP contribution in [0.3, 0.4) is 0 Å². The number of hydrogen-bond donors (Lipinski definition) is 1. The van der Waals surface area contributed by atoms with Gasteiger partial charge in [0.1, 0.15) is 4.88 Å². The molecule has 1 N–H and O–H groups in total. The van der Waals surface area contributed by atoms with E-state index in [4.69, 9.17) is 23.6 Å². The zero-order chi connectivity index (χ0) is 26.5. The van der Waals surface area contributed by atoms with Crippen LogP contribution in [0.2, 0.25) is 0 Å². The largest absolute Gasteiger partial charge is 0.378 e. The van der Waals surface area contributed by atoms with Gasteiger partial charge in [0.05, 0.1) is 19.0 Å². The number of hydrogen-bond acceptors (Lipinski definition) is 10. The Morgan fingerprint density at radius 3 is 2.09 bits per heavy atom. The first-order valence-corrected chi connectivity index (χ1v) is 12.9. The number of nitrogens with one attached hydrogen (secondary N) is 1. The Balaban J connectivity index is 0.000000784. The molecule has 0 saturated carbocycles. The minimum atomic E-state index is -4.94.